The second-order valence-electron chi connectivity index (χ2n) is 5.80. The van der Waals surface area contributed by atoms with Gasteiger partial charge in [-0.25, -0.2) is 26.8 Å². The summed E-state index contributed by atoms with van der Waals surface area (Å²) in [7, 11) is -6.81. The Bertz CT molecular complexity index is 1380. The predicted molar refractivity (Wildman–Crippen MR) is 104 cm³/mol. The molecule has 0 saturated carbocycles. The van der Waals surface area contributed by atoms with Gasteiger partial charge in [0.25, 0.3) is 0 Å². The summed E-state index contributed by atoms with van der Waals surface area (Å²) in [4.78, 5) is 8.99. The average molecular weight is 425 g/mol. The van der Waals surface area contributed by atoms with Crippen LogP contribution in [0.5, 0.6) is 0 Å². The molecule has 0 amide bonds. The van der Waals surface area contributed by atoms with Crippen molar-refractivity contribution >= 4 is 62.8 Å². The zero-order valence-corrected chi connectivity index (χ0v) is 16.9. The Morgan fingerprint density at radius 3 is 2.08 bits per heavy atom. The molecule has 0 N–H and O–H groups in total. The van der Waals surface area contributed by atoms with E-state index in [4.69, 9.17) is 0 Å². The van der Waals surface area contributed by atoms with E-state index in [1.165, 1.54) is 17.4 Å². The molecule has 0 aliphatic rings. The van der Waals surface area contributed by atoms with E-state index in [0.717, 1.165) is 33.2 Å². The Morgan fingerprint density at radius 1 is 0.769 bits per heavy atom. The van der Waals surface area contributed by atoms with Gasteiger partial charge in [-0.15, -0.1) is 22.7 Å². The summed E-state index contributed by atoms with van der Waals surface area (Å²) in [5.41, 5.74) is 1.66. The number of sulfone groups is 2. The maximum Gasteiger partial charge on any atom is 0.210 e. The number of hydrogen-bond acceptors (Lipinski definition) is 8. The van der Waals surface area contributed by atoms with Crippen LogP contribution < -0.4 is 0 Å². The van der Waals surface area contributed by atoms with Crippen molar-refractivity contribution in [1.29, 1.82) is 0 Å². The Balaban J connectivity index is 2.00. The summed E-state index contributed by atoms with van der Waals surface area (Å²) < 4.78 is 49.2. The van der Waals surface area contributed by atoms with Crippen molar-refractivity contribution in [1.82, 2.24) is 9.97 Å². The van der Waals surface area contributed by atoms with Gasteiger partial charge >= 0.3 is 0 Å². The summed E-state index contributed by atoms with van der Waals surface area (Å²) in [6.45, 7) is 0. The fraction of sp³-hybridized carbons (Fsp3) is 0.125. The van der Waals surface area contributed by atoms with Gasteiger partial charge in [-0.2, -0.15) is 0 Å². The summed E-state index contributed by atoms with van der Waals surface area (Å²) >= 11 is 2.46. The third-order valence-electron chi connectivity index (χ3n) is 3.73. The highest BCUT2D eigenvalue weighted by molar-refractivity contribution is 7.92. The van der Waals surface area contributed by atoms with Gasteiger partial charge in [-0.3, -0.25) is 0 Å². The smallest absolute Gasteiger partial charge is 0.210 e. The third-order valence-corrected chi connectivity index (χ3v) is 8.61. The van der Waals surface area contributed by atoms with E-state index in [0.29, 0.717) is 21.6 Å². The van der Waals surface area contributed by atoms with E-state index in [1.54, 1.807) is 12.1 Å². The molecule has 0 atom stereocenters. The molecule has 4 rings (SSSR count). The van der Waals surface area contributed by atoms with Crippen molar-refractivity contribution in [3.8, 4) is 10.6 Å². The molecule has 0 aliphatic heterocycles. The van der Waals surface area contributed by atoms with Gasteiger partial charge in [0.05, 0.1) is 19.8 Å². The molecule has 0 saturated heterocycles. The Morgan fingerprint density at radius 2 is 1.42 bits per heavy atom. The highest BCUT2D eigenvalue weighted by Gasteiger charge is 2.20. The monoisotopic (exact) mass is 424 g/mol. The van der Waals surface area contributed by atoms with Gasteiger partial charge in [0.2, 0.25) is 14.2 Å². The number of thiazole rings is 2. The van der Waals surface area contributed by atoms with E-state index >= 15 is 0 Å². The second-order valence-corrected chi connectivity index (χ2v) is 12.0. The number of rotatable bonds is 3. The molecule has 2 aromatic carbocycles. The van der Waals surface area contributed by atoms with Gasteiger partial charge < -0.3 is 0 Å². The Kier molecular flexibility index (Phi) is 3.92. The summed E-state index contributed by atoms with van der Waals surface area (Å²) in [5.74, 6) is 0. The minimum absolute atomic E-state index is 0.0536. The lowest BCUT2D eigenvalue weighted by molar-refractivity contribution is 0.600. The van der Waals surface area contributed by atoms with Crippen LogP contribution >= 0.6 is 22.7 Å². The van der Waals surface area contributed by atoms with Crippen LogP contribution in [-0.4, -0.2) is 39.3 Å². The zero-order chi connectivity index (χ0) is 18.7. The first-order valence-corrected chi connectivity index (χ1v) is 12.8. The van der Waals surface area contributed by atoms with E-state index in [1.807, 2.05) is 18.2 Å². The zero-order valence-electron chi connectivity index (χ0n) is 13.6. The molecule has 134 valence electrons. The number of nitrogens with zero attached hydrogens (tertiary/aromatic N) is 2. The van der Waals surface area contributed by atoms with Gasteiger partial charge in [0.15, 0.2) is 9.84 Å². The molecule has 10 heteroatoms. The number of hydrogen-bond donors (Lipinski definition) is 0. The minimum Gasteiger partial charge on any atom is -0.235 e. The minimum atomic E-state index is -3.40. The van der Waals surface area contributed by atoms with Crippen LogP contribution in [0.3, 0.4) is 0 Å². The molecule has 4 aromatic rings. The SMILES string of the molecule is CS(=O)(=O)c1nc2c(-c3nc4c(S(C)(=O)=O)cccc4s3)cccc2s1. The molecular weight excluding hydrogens is 412 g/mol. The van der Waals surface area contributed by atoms with Crippen molar-refractivity contribution in [2.75, 3.05) is 12.5 Å². The van der Waals surface area contributed by atoms with Gasteiger partial charge in [-0.1, -0.05) is 12.1 Å². The Labute approximate surface area is 158 Å². The fourth-order valence-electron chi connectivity index (χ4n) is 2.60. The van der Waals surface area contributed by atoms with Crippen molar-refractivity contribution < 1.29 is 16.8 Å². The highest BCUT2D eigenvalue weighted by atomic mass is 32.2. The number of aromatic nitrogens is 2. The van der Waals surface area contributed by atoms with Crippen LogP contribution in [0.2, 0.25) is 0 Å². The molecule has 0 spiro atoms. The van der Waals surface area contributed by atoms with E-state index in [9.17, 15) is 16.8 Å². The van der Waals surface area contributed by atoms with Crippen LogP contribution in [0, 0.1) is 0 Å². The van der Waals surface area contributed by atoms with Crippen molar-refractivity contribution in [2.45, 2.75) is 9.24 Å². The molecule has 6 nitrogen and oxygen atoms in total. The summed E-state index contributed by atoms with van der Waals surface area (Å²) in [6, 6.07) is 10.5. The largest absolute Gasteiger partial charge is 0.235 e. The molecule has 0 unspecified atom stereocenters. The first-order chi connectivity index (χ1) is 12.1. The topological polar surface area (TPSA) is 94.1 Å². The lowest BCUT2D eigenvalue weighted by atomic mass is 10.2. The first kappa shape index (κ1) is 17.5. The summed E-state index contributed by atoms with van der Waals surface area (Å²) in [5, 5.41) is 0.604. The normalized spacial score (nSPS) is 12.8. The maximum atomic E-state index is 12.0. The molecular formula is C16H12N2O4S4. The second kappa shape index (κ2) is 5.81. The van der Waals surface area contributed by atoms with Crippen molar-refractivity contribution in [3.63, 3.8) is 0 Å². The van der Waals surface area contributed by atoms with Crippen molar-refractivity contribution in [3.05, 3.63) is 36.4 Å². The van der Waals surface area contributed by atoms with Crippen LogP contribution in [0.1, 0.15) is 0 Å². The van der Waals surface area contributed by atoms with Gasteiger partial charge in [-0.05, 0) is 24.3 Å². The molecule has 0 fully saturated rings. The molecule has 26 heavy (non-hydrogen) atoms. The van der Waals surface area contributed by atoms with Crippen LogP contribution in [0.25, 0.3) is 31.0 Å². The van der Waals surface area contributed by atoms with E-state index in [-0.39, 0.29) is 9.24 Å². The fourth-order valence-corrected chi connectivity index (χ4v) is 6.37. The quantitative estimate of drug-likeness (QED) is 0.500. The predicted octanol–water partition coefficient (Wildman–Crippen LogP) is 3.38. The number of fused-ring (bicyclic) bond motifs is 2. The average Bonchev–Trinajstić information content (AvgIpc) is 3.16. The van der Waals surface area contributed by atoms with Crippen LogP contribution in [0.4, 0.5) is 0 Å². The van der Waals surface area contributed by atoms with Gasteiger partial charge in [0.1, 0.15) is 10.5 Å². The third kappa shape index (κ3) is 2.92. The number of benzene rings is 2. The summed E-state index contributed by atoms with van der Waals surface area (Å²) in [6.07, 6.45) is 2.28. The Hall–Kier alpha value is -1.88. The first-order valence-electron chi connectivity index (χ1n) is 7.34. The maximum absolute atomic E-state index is 12.0. The lowest BCUT2D eigenvalue weighted by Crippen LogP contribution is -1.97. The molecule has 0 aliphatic carbocycles. The van der Waals surface area contributed by atoms with Crippen molar-refractivity contribution in [2.24, 2.45) is 0 Å². The molecule has 0 bridgehead atoms. The molecule has 0 radical (unpaired) electrons. The standard InChI is InChI=1S/C16H12N2O4S4/c1-25(19,20)12-8-4-7-11-14(12)17-15(23-11)9-5-3-6-10-13(9)18-16(24-10)26(2,21)22/h3-8H,1-2H3. The van der Waals surface area contributed by atoms with Crippen LogP contribution in [-0.2, 0) is 19.7 Å². The lowest BCUT2D eigenvalue weighted by Gasteiger charge is -1.98. The van der Waals surface area contributed by atoms with E-state index < -0.39 is 19.7 Å². The molecule has 2 aromatic heterocycles. The van der Waals surface area contributed by atoms with E-state index in [2.05, 4.69) is 9.97 Å². The highest BCUT2D eigenvalue weighted by Crippen LogP contribution is 2.38. The molecule has 2 heterocycles. The van der Waals surface area contributed by atoms with Gasteiger partial charge in [0, 0.05) is 18.1 Å². The number of para-hydroxylation sites is 2. The van der Waals surface area contributed by atoms with Crippen LogP contribution in [0.15, 0.2) is 45.6 Å².